The molecule has 0 aliphatic carbocycles. The van der Waals surface area contributed by atoms with E-state index < -0.39 is 5.97 Å². The molecule has 1 aromatic heterocycles. The number of hydrogen-bond donors (Lipinski definition) is 2. The van der Waals surface area contributed by atoms with Gasteiger partial charge in [-0.3, -0.25) is 0 Å². The van der Waals surface area contributed by atoms with Crippen molar-refractivity contribution in [3.05, 3.63) is 10.6 Å². The Hall–Kier alpha value is -1.10. The minimum Gasteiger partial charge on any atom is -0.477 e. The van der Waals surface area contributed by atoms with Crippen LogP contribution < -0.4 is 5.32 Å². The van der Waals surface area contributed by atoms with E-state index in [1.807, 2.05) is 0 Å². The van der Waals surface area contributed by atoms with E-state index in [0.717, 1.165) is 13.0 Å². The maximum absolute atomic E-state index is 10.8. The quantitative estimate of drug-likeness (QED) is 0.753. The van der Waals surface area contributed by atoms with Crippen LogP contribution in [0.25, 0.3) is 0 Å². The number of aryl methyl sites for hydroxylation is 1. The van der Waals surface area contributed by atoms with E-state index in [2.05, 4.69) is 24.1 Å². The summed E-state index contributed by atoms with van der Waals surface area (Å²) in [6, 6.07) is 0. The van der Waals surface area contributed by atoms with E-state index in [4.69, 9.17) is 5.11 Å². The SMILES string of the molecule is Cc1nc(NCCCC(C)C)sc1C(=O)O. The van der Waals surface area contributed by atoms with Crippen LogP contribution in [0.2, 0.25) is 0 Å². The van der Waals surface area contributed by atoms with Crippen LogP contribution in [0.5, 0.6) is 0 Å². The second kappa shape index (κ2) is 5.84. The van der Waals surface area contributed by atoms with Crippen molar-refractivity contribution in [2.24, 2.45) is 5.92 Å². The summed E-state index contributed by atoms with van der Waals surface area (Å²) in [5.74, 6) is -0.195. The van der Waals surface area contributed by atoms with Crippen LogP contribution in [0.3, 0.4) is 0 Å². The van der Waals surface area contributed by atoms with Crippen molar-refractivity contribution in [3.63, 3.8) is 0 Å². The zero-order chi connectivity index (χ0) is 12.1. The fraction of sp³-hybridized carbons (Fsp3) is 0.636. The molecule has 2 N–H and O–H groups in total. The number of carboxylic acids is 1. The molecule has 16 heavy (non-hydrogen) atoms. The molecule has 1 rings (SSSR count). The van der Waals surface area contributed by atoms with Gasteiger partial charge in [0, 0.05) is 6.54 Å². The van der Waals surface area contributed by atoms with E-state index >= 15 is 0 Å². The minimum absolute atomic E-state index is 0.325. The van der Waals surface area contributed by atoms with Gasteiger partial charge in [0.2, 0.25) is 0 Å². The number of anilines is 1. The normalized spacial score (nSPS) is 10.8. The minimum atomic E-state index is -0.898. The Labute approximate surface area is 99.7 Å². The third kappa shape index (κ3) is 3.81. The van der Waals surface area contributed by atoms with Crippen molar-refractivity contribution >= 4 is 22.4 Å². The Bertz CT molecular complexity index is 361. The highest BCUT2D eigenvalue weighted by molar-refractivity contribution is 7.17. The standard InChI is InChI=1S/C11H18N2O2S/c1-7(2)5-4-6-12-11-13-8(3)9(16-11)10(14)15/h7H,4-6H2,1-3H3,(H,12,13)(H,14,15). The van der Waals surface area contributed by atoms with Crippen molar-refractivity contribution in [2.45, 2.75) is 33.6 Å². The molecule has 0 atom stereocenters. The van der Waals surface area contributed by atoms with Gasteiger partial charge in [0.25, 0.3) is 0 Å². The van der Waals surface area contributed by atoms with Gasteiger partial charge in [0.05, 0.1) is 5.69 Å². The molecule has 0 amide bonds. The number of nitrogens with zero attached hydrogens (tertiary/aromatic N) is 1. The monoisotopic (exact) mass is 242 g/mol. The Kier molecular flexibility index (Phi) is 4.73. The Morgan fingerprint density at radius 2 is 2.25 bits per heavy atom. The lowest BCUT2D eigenvalue weighted by atomic mass is 10.1. The second-order valence-electron chi connectivity index (χ2n) is 4.20. The number of aromatic nitrogens is 1. The molecule has 4 nitrogen and oxygen atoms in total. The molecule has 0 spiro atoms. The van der Waals surface area contributed by atoms with E-state index in [9.17, 15) is 4.79 Å². The zero-order valence-corrected chi connectivity index (χ0v) is 10.7. The molecule has 0 saturated heterocycles. The summed E-state index contributed by atoms with van der Waals surface area (Å²) in [7, 11) is 0. The van der Waals surface area contributed by atoms with E-state index in [1.54, 1.807) is 6.92 Å². The molecule has 0 unspecified atom stereocenters. The van der Waals surface area contributed by atoms with Crippen molar-refractivity contribution in [1.29, 1.82) is 0 Å². The lowest BCUT2D eigenvalue weighted by Gasteiger charge is -2.04. The summed E-state index contributed by atoms with van der Waals surface area (Å²) < 4.78 is 0. The first kappa shape index (κ1) is 13.0. The molecule has 0 bridgehead atoms. The number of rotatable bonds is 6. The topological polar surface area (TPSA) is 62.2 Å². The maximum Gasteiger partial charge on any atom is 0.347 e. The fourth-order valence-electron chi connectivity index (χ4n) is 1.38. The van der Waals surface area contributed by atoms with Gasteiger partial charge in [-0.1, -0.05) is 25.2 Å². The number of hydrogen-bond acceptors (Lipinski definition) is 4. The van der Waals surface area contributed by atoms with Crippen molar-refractivity contribution in [1.82, 2.24) is 4.98 Å². The van der Waals surface area contributed by atoms with Crippen LogP contribution >= 0.6 is 11.3 Å². The molecule has 90 valence electrons. The smallest absolute Gasteiger partial charge is 0.347 e. The summed E-state index contributed by atoms with van der Waals surface area (Å²) >= 11 is 1.20. The van der Waals surface area contributed by atoms with E-state index in [1.165, 1.54) is 17.8 Å². The average Bonchev–Trinajstić information content (AvgIpc) is 2.54. The summed E-state index contributed by atoms with van der Waals surface area (Å²) in [6.07, 6.45) is 2.25. The lowest BCUT2D eigenvalue weighted by molar-refractivity contribution is 0.0701. The molecule has 0 saturated carbocycles. The maximum atomic E-state index is 10.8. The van der Waals surface area contributed by atoms with Crippen LogP contribution in [0.15, 0.2) is 0 Å². The molecule has 0 radical (unpaired) electrons. The van der Waals surface area contributed by atoms with Gasteiger partial charge in [0.15, 0.2) is 5.13 Å². The Morgan fingerprint density at radius 3 is 2.75 bits per heavy atom. The Balaban J connectivity index is 2.43. The van der Waals surface area contributed by atoms with Crippen LogP contribution in [0, 0.1) is 12.8 Å². The van der Waals surface area contributed by atoms with Crippen molar-refractivity contribution in [3.8, 4) is 0 Å². The number of thiazole rings is 1. The third-order valence-corrected chi connectivity index (χ3v) is 3.33. The number of carbonyl (C=O) groups is 1. The van der Waals surface area contributed by atoms with Gasteiger partial charge in [0.1, 0.15) is 4.88 Å². The number of nitrogens with one attached hydrogen (secondary N) is 1. The number of carboxylic acid groups (broad SMARTS) is 1. The summed E-state index contributed by atoms with van der Waals surface area (Å²) in [6.45, 7) is 6.95. The highest BCUT2D eigenvalue weighted by Gasteiger charge is 2.13. The van der Waals surface area contributed by atoms with Crippen LogP contribution in [-0.2, 0) is 0 Å². The molecular weight excluding hydrogens is 224 g/mol. The molecule has 0 aliphatic heterocycles. The van der Waals surface area contributed by atoms with Crippen LogP contribution in [-0.4, -0.2) is 22.6 Å². The number of aromatic carboxylic acids is 1. The van der Waals surface area contributed by atoms with Crippen LogP contribution in [0.4, 0.5) is 5.13 Å². The van der Waals surface area contributed by atoms with Gasteiger partial charge in [-0.2, -0.15) is 0 Å². The molecule has 0 aromatic carbocycles. The predicted molar refractivity (Wildman–Crippen MR) is 66.4 cm³/mol. The first-order valence-electron chi connectivity index (χ1n) is 5.45. The van der Waals surface area contributed by atoms with Crippen molar-refractivity contribution in [2.75, 3.05) is 11.9 Å². The van der Waals surface area contributed by atoms with E-state index in [-0.39, 0.29) is 0 Å². The summed E-state index contributed by atoms with van der Waals surface area (Å²) in [5, 5.41) is 12.7. The summed E-state index contributed by atoms with van der Waals surface area (Å²) in [5.41, 5.74) is 0.587. The van der Waals surface area contributed by atoms with Gasteiger partial charge < -0.3 is 10.4 Å². The highest BCUT2D eigenvalue weighted by atomic mass is 32.1. The molecule has 1 heterocycles. The van der Waals surface area contributed by atoms with Crippen LogP contribution in [0.1, 0.15) is 42.1 Å². The van der Waals surface area contributed by atoms with E-state index in [0.29, 0.717) is 21.6 Å². The fourth-order valence-corrected chi connectivity index (χ4v) is 2.21. The van der Waals surface area contributed by atoms with Crippen molar-refractivity contribution < 1.29 is 9.90 Å². The molecular formula is C11H18N2O2S. The average molecular weight is 242 g/mol. The zero-order valence-electron chi connectivity index (χ0n) is 9.91. The highest BCUT2D eigenvalue weighted by Crippen LogP contribution is 2.22. The first-order valence-corrected chi connectivity index (χ1v) is 6.27. The van der Waals surface area contributed by atoms with Gasteiger partial charge in [-0.25, -0.2) is 9.78 Å². The van der Waals surface area contributed by atoms with Gasteiger partial charge in [-0.05, 0) is 25.7 Å². The molecule has 0 aliphatic rings. The van der Waals surface area contributed by atoms with Gasteiger partial charge in [-0.15, -0.1) is 0 Å². The lowest BCUT2D eigenvalue weighted by Crippen LogP contribution is -2.02. The second-order valence-corrected chi connectivity index (χ2v) is 5.20. The van der Waals surface area contributed by atoms with Gasteiger partial charge >= 0.3 is 5.97 Å². The predicted octanol–water partition coefficient (Wildman–Crippen LogP) is 3.00. The largest absolute Gasteiger partial charge is 0.477 e. The first-order chi connectivity index (χ1) is 7.50. The molecule has 5 heteroatoms. The molecule has 0 fully saturated rings. The summed E-state index contributed by atoms with van der Waals surface area (Å²) in [4.78, 5) is 15.3. The third-order valence-electron chi connectivity index (χ3n) is 2.23. The molecule has 1 aromatic rings. The Morgan fingerprint density at radius 1 is 1.56 bits per heavy atom.